The molecule has 0 aromatic rings. The molecule has 18 heavy (non-hydrogen) atoms. The van der Waals surface area contributed by atoms with E-state index in [2.05, 4.69) is 12.2 Å². The number of rotatable bonds is 5. The van der Waals surface area contributed by atoms with Crippen molar-refractivity contribution < 1.29 is 13.2 Å². The summed E-state index contributed by atoms with van der Waals surface area (Å²) in [6.45, 7) is 6.59. The Morgan fingerprint density at radius 2 is 1.83 bits per heavy atom. The molecule has 0 aliphatic carbocycles. The van der Waals surface area contributed by atoms with Crippen LogP contribution < -0.4 is 5.32 Å². The van der Waals surface area contributed by atoms with Crippen LogP contribution in [0.1, 0.15) is 46.5 Å². The van der Waals surface area contributed by atoms with E-state index in [0.717, 1.165) is 12.8 Å². The summed E-state index contributed by atoms with van der Waals surface area (Å²) in [5.41, 5.74) is -0.324. The molecule has 1 rings (SSSR count). The van der Waals surface area contributed by atoms with Gasteiger partial charge in [-0.25, -0.2) is 8.42 Å². The summed E-state index contributed by atoms with van der Waals surface area (Å²) in [6.07, 6.45) is 3.22. The Labute approximate surface area is 110 Å². The van der Waals surface area contributed by atoms with E-state index in [-0.39, 0.29) is 22.8 Å². The van der Waals surface area contributed by atoms with E-state index in [0.29, 0.717) is 25.3 Å². The fourth-order valence-electron chi connectivity index (χ4n) is 2.36. The lowest BCUT2D eigenvalue weighted by Crippen LogP contribution is -2.40. The van der Waals surface area contributed by atoms with Gasteiger partial charge >= 0.3 is 0 Å². The average molecular weight is 275 g/mol. The first-order valence-electron chi connectivity index (χ1n) is 6.75. The number of nitrogens with one attached hydrogen (secondary N) is 1. The van der Waals surface area contributed by atoms with Crippen molar-refractivity contribution in [1.82, 2.24) is 5.32 Å². The molecule has 0 spiro atoms. The maximum absolute atomic E-state index is 12.0. The van der Waals surface area contributed by atoms with Gasteiger partial charge in [-0.05, 0) is 25.2 Å². The van der Waals surface area contributed by atoms with Crippen LogP contribution in [0.25, 0.3) is 0 Å². The third kappa shape index (κ3) is 4.59. The molecule has 106 valence electrons. The maximum Gasteiger partial charge on any atom is 0.225 e. The van der Waals surface area contributed by atoms with E-state index in [1.165, 1.54) is 0 Å². The summed E-state index contributed by atoms with van der Waals surface area (Å²) >= 11 is 0. The lowest BCUT2D eigenvalue weighted by molar-refractivity contribution is -0.129. The highest BCUT2D eigenvalue weighted by molar-refractivity contribution is 7.91. The second-order valence-electron chi connectivity index (χ2n) is 5.94. The van der Waals surface area contributed by atoms with E-state index in [1.54, 1.807) is 0 Å². The molecule has 1 fully saturated rings. The van der Waals surface area contributed by atoms with Crippen LogP contribution in [0.15, 0.2) is 0 Å². The Morgan fingerprint density at radius 3 is 2.33 bits per heavy atom. The third-order valence-electron chi connectivity index (χ3n) is 3.72. The fourth-order valence-corrected chi connectivity index (χ4v) is 3.95. The molecule has 0 saturated carbocycles. The largest absolute Gasteiger partial charge is 0.355 e. The second-order valence-corrected chi connectivity index (χ2v) is 8.24. The summed E-state index contributed by atoms with van der Waals surface area (Å²) in [6, 6.07) is 0. The van der Waals surface area contributed by atoms with Gasteiger partial charge < -0.3 is 5.32 Å². The van der Waals surface area contributed by atoms with Crippen LogP contribution in [0, 0.1) is 11.3 Å². The molecule has 0 radical (unpaired) electrons. The molecule has 0 aromatic carbocycles. The van der Waals surface area contributed by atoms with Gasteiger partial charge in [-0.15, -0.1) is 0 Å². The van der Waals surface area contributed by atoms with Gasteiger partial charge in [-0.3, -0.25) is 4.79 Å². The van der Waals surface area contributed by atoms with Gasteiger partial charge in [0.05, 0.1) is 11.5 Å². The predicted octanol–water partition coefficient (Wildman–Crippen LogP) is 1.75. The first-order chi connectivity index (χ1) is 8.27. The standard InChI is InChI=1S/C13H25NO3S/c1-4-7-13(2,3)12(15)14-10-11-5-8-18(16,17)9-6-11/h11H,4-10H2,1-3H3,(H,14,15). The number of carbonyl (C=O) groups excluding carboxylic acids is 1. The first kappa shape index (κ1) is 15.5. The molecule has 1 aliphatic heterocycles. The third-order valence-corrected chi connectivity index (χ3v) is 5.43. The van der Waals surface area contributed by atoms with Gasteiger partial charge in [-0.1, -0.05) is 27.2 Å². The molecule has 0 unspecified atom stereocenters. The van der Waals surface area contributed by atoms with Crippen LogP contribution in [0.2, 0.25) is 0 Å². The van der Waals surface area contributed by atoms with Crippen molar-refractivity contribution in [3.05, 3.63) is 0 Å². The first-order valence-corrected chi connectivity index (χ1v) is 8.58. The van der Waals surface area contributed by atoms with Gasteiger partial charge in [0.15, 0.2) is 0 Å². The summed E-state index contributed by atoms with van der Waals surface area (Å²) in [5, 5.41) is 2.97. The van der Waals surface area contributed by atoms with E-state index >= 15 is 0 Å². The minimum atomic E-state index is -2.80. The van der Waals surface area contributed by atoms with Crippen LogP contribution in [-0.2, 0) is 14.6 Å². The molecule has 1 amide bonds. The zero-order valence-electron chi connectivity index (χ0n) is 11.7. The van der Waals surface area contributed by atoms with Gasteiger partial charge in [0.25, 0.3) is 0 Å². The summed E-state index contributed by atoms with van der Waals surface area (Å²) in [5.74, 6) is 0.935. The Kier molecular flexibility index (Phi) is 5.20. The Hall–Kier alpha value is -0.580. The molecule has 4 nitrogen and oxygen atoms in total. The number of carbonyl (C=O) groups is 1. The van der Waals surface area contributed by atoms with E-state index in [9.17, 15) is 13.2 Å². The van der Waals surface area contributed by atoms with Crippen LogP contribution in [0.5, 0.6) is 0 Å². The number of sulfone groups is 1. The van der Waals surface area contributed by atoms with Crippen molar-refractivity contribution in [2.24, 2.45) is 11.3 Å². The normalized spacial score (nSPS) is 20.6. The van der Waals surface area contributed by atoms with Crippen LogP contribution >= 0.6 is 0 Å². The minimum Gasteiger partial charge on any atom is -0.355 e. The fraction of sp³-hybridized carbons (Fsp3) is 0.923. The highest BCUT2D eigenvalue weighted by Gasteiger charge is 2.28. The molecule has 0 atom stereocenters. The van der Waals surface area contributed by atoms with E-state index in [4.69, 9.17) is 0 Å². The van der Waals surface area contributed by atoms with Gasteiger partial charge in [0.1, 0.15) is 9.84 Å². The molecule has 1 heterocycles. The molecular weight excluding hydrogens is 250 g/mol. The van der Waals surface area contributed by atoms with Crippen molar-refractivity contribution in [3.63, 3.8) is 0 Å². The van der Waals surface area contributed by atoms with E-state index < -0.39 is 9.84 Å². The molecular formula is C13H25NO3S. The van der Waals surface area contributed by atoms with Crippen LogP contribution in [0.3, 0.4) is 0 Å². The zero-order chi connectivity index (χ0) is 13.8. The van der Waals surface area contributed by atoms with Gasteiger partial charge in [0, 0.05) is 12.0 Å². The summed E-state index contributed by atoms with van der Waals surface area (Å²) < 4.78 is 22.6. The van der Waals surface area contributed by atoms with Crippen molar-refractivity contribution >= 4 is 15.7 Å². The quantitative estimate of drug-likeness (QED) is 0.831. The smallest absolute Gasteiger partial charge is 0.225 e. The Morgan fingerprint density at radius 1 is 1.28 bits per heavy atom. The Balaban J connectivity index is 2.36. The number of hydrogen-bond acceptors (Lipinski definition) is 3. The topological polar surface area (TPSA) is 63.2 Å². The monoisotopic (exact) mass is 275 g/mol. The lowest BCUT2D eigenvalue weighted by atomic mass is 9.87. The maximum atomic E-state index is 12.0. The van der Waals surface area contributed by atoms with Gasteiger partial charge in [-0.2, -0.15) is 0 Å². The lowest BCUT2D eigenvalue weighted by Gasteiger charge is -2.26. The average Bonchev–Trinajstić information content (AvgIpc) is 2.27. The summed E-state index contributed by atoms with van der Waals surface area (Å²) in [7, 11) is -2.80. The molecule has 0 aromatic heterocycles. The second kappa shape index (κ2) is 6.04. The Bertz CT molecular complexity index is 373. The van der Waals surface area contributed by atoms with Crippen LogP contribution in [0.4, 0.5) is 0 Å². The van der Waals surface area contributed by atoms with Gasteiger partial charge in [0.2, 0.25) is 5.91 Å². The van der Waals surface area contributed by atoms with Crippen molar-refractivity contribution in [1.29, 1.82) is 0 Å². The minimum absolute atomic E-state index is 0.0813. The van der Waals surface area contributed by atoms with E-state index in [1.807, 2.05) is 13.8 Å². The number of amides is 1. The van der Waals surface area contributed by atoms with Crippen LogP contribution in [-0.4, -0.2) is 32.4 Å². The predicted molar refractivity (Wildman–Crippen MR) is 73.1 cm³/mol. The SMILES string of the molecule is CCCC(C)(C)C(=O)NCC1CCS(=O)(=O)CC1. The summed E-state index contributed by atoms with van der Waals surface area (Å²) in [4.78, 5) is 12.0. The molecule has 1 saturated heterocycles. The molecule has 5 heteroatoms. The highest BCUT2D eigenvalue weighted by Crippen LogP contribution is 2.23. The van der Waals surface area contributed by atoms with Crippen molar-refractivity contribution in [2.75, 3.05) is 18.1 Å². The van der Waals surface area contributed by atoms with Crippen molar-refractivity contribution in [3.8, 4) is 0 Å². The highest BCUT2D eigenvalue weighted by atomic mass is 32.2. The number of hydrogen-bond donors (Lipinski definition) is 1. The molecule has 1 aliphatic rings. The van der Waals surface area contributed by atoms with Crippen molar-refractivity contribution in [2.45, 2.75) is 46.5 Å². The zero-order valence-corrected chi connectivity index (χ0v) is 12.5. The molecule has 1 N–H and O–H groups in total. The molecule has 0 bridgehead atoms.